The highest BCUT2D eigenvalue weighted by molar-refractivity contribution is 5.79. The average Bonchev–Trinajstić information content (AvgIpc) is 2.58. The molecule has 0 aliphatic heterocycles. The Kier molecular flexibility index (Phi) is 4.27. The van der Waals surface area contributed by atoms with Crippen LogP contribution in [0, 0.1) is 5.92 Å². The molecule has 0 fully saturated rings. The average molecular weight is 298 g/mol. The summed E-state index contributed by atoms with van der Waals surface area (Å²) in [5, 5.41) is 11.3. The van der Waals surface area contributed by atoms with Crippen LogP contribution in [0.3, 0.4) is 0 Å². The first-order valence-corrected chi connectivity index (χ1v) is 7.51. The van der Waals surface area contributed by atoms with Gasteiger partial charge in [-0.25, -0.2) is 4.68 Å². The molecule has 3 rings (SSSR count). The summed E-state index contributed by atoms with van der Waals surface area (Å²) in [5.41, 5.74) is 0.405. The van der Waals surface area contributed by atoms with Crippen LogP contribution in [0.5, 0.6) is 0 Å². The van der Waals surface area contributed by atoms with E-state index >= 15 is 0 Å². The zero-order valence-electron chi connectivity index (χ0n) is 12.2. The molecule has 1 aromatic carbocycles. The number of benzene rings is 1. The van der Waals surface area contributed by atoms with Crippen LogP contribution in [-0.4, -0.2) is 27.4 Å². The van der Waals surface area contributed by atoms with Gasteiger partial charge in [0.2, 0.25) is 5.91 Å². The molecular formula is C16H18N4O2. The van der Waals surface area contributed by atoms with Crippen LogP contribution in [0.25, 0.3) is 10.9 Å². The molecule has 1 aromatic heterocycles. The monoisotopic (exact) mass is 298 g/mol. The van der Waals surface area contributed by atoms with E-state index in [0.29, 0.717) is 24.0 Å². The highest BCUT2D eigenvalue weighted by atomic mass is 16.2. The van der Waals surface area contributed by atoms with Crippen LogP contribution >= 0.6 is 0 Å². The second-order valence-electron chi connectivity index (χ2n) is 5.41. The Hall–Kier alpha value is -2.50. The van der Waals surface area contributed by atoms with E-state index in [4.69, 9.17) is 0 Å². The Morgan fingerprint density at radius 1 is 1.32 bits per heavy atom. The van der Waals surface area contributed by atoms with Gasteiger partial charge in [0.15, 0.2) is 0 Å². The summed E-state index contributed by atoms with van der Waals surface area (Å²) in [6, 6.07) is 7.11. The highest BCUT2D eigenvalue weighted by Gasteiger charge is 2.18. The van der Waals surface area contributed by atoms with E-state index in [9.17, 15) is 9.59 Å². The Morgan fingerprint density at radius 3 is 3.00 bits per heavy atom. The van der Waals surface area contributed by atoms with Crippen molar-refractivity contribution in [1.82, 2.24) is 20.3 Å². The molecule has 1 unspecified atom stereocenters. The number of aromatic nitrogens is 3. The molecule has 2 aromatic rings. The maximum absolute atomic E-state index is 12.2. The van der Waals surface area contributed by atoms with Gasteiger partial charge in [-0.3, -0.25) is 9.59 Å². The lowest BCUT2D eigenvalue weighted by molar-refractivity contribution is -0.125. The summed E-state index contributed by atoms with van der Waals surface area (Å²) < 4.78 is 1.30. The van der Waals surface area contributed by atoms with E-state index in [1.54, 1.807) is 18.2 Å². The maximum atomic E-state index is 12.2. The van der Waals surface area contributed by atoms with Crippen molar-refractivity contribution in [2.24, 2.45) is 5.92 Å². The Labute approximate surface area is 127 Å². The van der Waals surface area contributed by atoms with E-state index in [1.807, 2.05) is 12.1 Å². The fraction of sp³-hybridized carbons (Fsp3) is 0.375. The SMILES string of the molecule is O=C(NCCn1nnc2ccccc2c1=O)C1CC=CCC1. The van der Waals surface area contributed by atoms with Gasteiger partial charge < -0.3 is 5.32 Å². The van der Waals surface area contributed by atoms with Gasteiger partial charge in [-0.15, -0.1) is 5.10 Å². The third-order valence-corrected chi connectivity index (χ3v) is 3.89. The smallest absolute Gasteiger partial charge is 0.277 e. The van der Waals surface area contributed by atoms with Gasteiger partial charge in [0, 0.05) is 12.5 Å². The second kappa shape index (κ2) is 6.51. The number of hydrogen-bond donors (Lipinski definition) is 1. The first-order chi connectivity index (χ1) is 10.8. The Bertz CT molecular complexity index is 766. The van der Waals surface area contributed by atoms with Crippen molar-refractivity contribution in [2.45, 2.75) is 25.8 Å². The summed E-state index contributed by atoms with van der Waals surface area (Å²) in [6.45, 7) is 0.705. The van der Waals surface area contributed by atoms with Crippen LogP contribution in [0.1, 0.15) is 19.3 Å². The van der Waals surface area contributed by atoms with E-state index in [0.717, 1.165) is 19.3 Å². The van der Waals surface area contributed by atoms with Crippen molar-refractivity contribution in [1.29, 1.82) is 0 Å². The molecule has 6 nitrogen and oxygen atoms in total. The van der Waals surface area contributed by atoms with Crippen molar-refractivity contribution in [3.63, 3.8) is 0 Å². The zero-order valence-corrected chi connectivity index (χ0v) is 12.2. The van der Waals surface area contributed by atoms with Crippen molar-refractivity contribution in [3.05, 3.63) is 46.8 Å². The molecule has 1 aliphatic rings. The van der Waals surface area contributed by atoms with Crippen LogP contribution < -0.4 is 10.9 Å². The topological polar surface area (TPSA) is 76.9 Å². The fourth-order valence-electron chi connectivity index (χ4n) is 2.63. The van der Waals surface area contributed by atoms with Crippen molar-refractivity contribution in [2.75, 3.05) is 6.54 Å². The molecule has 0 spiro atoms. The molecule has 22 heavy (non-hydrogen) atoms. The number of amides is 1. The van der Waals surface area contributed by atoms with E-state index < -0.39 is 0 Å². The predicted octanol–water partition coefficient (Wildman–Crippen LogP) is 1.26. The molecular weight excluding hydrogens is 280 g/mol. The largest absolute Gasteiger partial charge is 0.354 e. The third kappa shape index (κ3) is 3.05. The number of carbonyl (C=O) groups is 1. The fourth-order valence-corrected chi connectivity index (χ4v) is 2.63. The van der Waals surface area contributed by atoms with Crippen LogP contribution in [0.2, 0.25) is 0 Å². The Morgan fingerprint density at radius 2 is 2.18 bits per heavy atom. The predicted molar refractivity (Wildman–Crippen MR) is 83.3 cm³/mol. The number of hydrogen-bond acceptors (Lipinski definition) is 4. The highest BCUT2D eigenvalue weighted by Crippen LogP contribution is 2.17. The van der Waals surface area contributed by atoms with Crippen molar-refractivity contribution in [3.8, 4) is 0 Å². The van der Waals surface area contributed by atoms with Gasteiger partial charge >= 0.3 is 0 Å². The molecule has 1 aliphatic carbocycles. The van der Waals surface area contributed by atoms with Crippen LogP contribution in [0.4, 0.5) is 0 Å². The number of fused-ring (bicyclic) bond motifs is 1. The van der Waals surface area contributed by atoms with E-state index in [1.165, 1.54) is 4.68 Å². The first kappa shape index (κ1) is 14.4. The number of allylic oxidation sites excluding steroid dienone is 2. The molecule has 114 valence electrons. The molecule has 6 heteroatoms. The minimum Gasteiger partial charge on any atom is -0.354 e. The quantitative estimate of drug-likeness (QED) is 0.862. The maximum Gasteiger partial charge on any atom is 0.277 e. The Balaban J connectivity index is 1.62. The number of rotatable bonds is 4. The van der Waals surface area contributed by atoms with Gasteiger partial charge in [0.25, 0.3) is 5.56 Å². The summed E-state index contributed by atoms with van der Waals surface area (Å²) in [4.78, 5) is 24.3. The summed E-state index contributed by atoms with van der Waals surface area (Å²) >= 11 is 0. The lowest BCUT2D eigenvalue weighted by Crippen LogP contribution is -2.36. The molecule has 0 saturated heterocycles. The first-order valence-electron chi connectivity index (χ1n) is 7.51. The lowest BCUT2D eigenvalue weighted by atomic mass is 9.94. The molecule has 1 N–H and O–H groups in total. The molecule has 0 saturated carbocycles. The van der Waals surface area contributed by atoms with Gasteiger partial charge in [0.1, 0.15) is 5.52 Å². The van der Waals surface area contributed by atoms with Crippen LogP contribution in [-0.2, 0) is 11.3 Å². The second-order valence-corrected chi connectivity index (χ2v) is 5.41. The minimum absolute atomic E-state index is 0.0457. The summed E-state index contributed by atoms with van der Waals surface area (Å²) in [5.74, 6) is 0.0931. The third-order valence-electron chi connectivity index (χ3n) is 3.89. The molecule has 0 radical (unpaired) electrons. The number of carbonyl (C=O) groups excluding carboxylic acids is 1. The minimum atomic E-state index is -0.180. The molecule has 1 heterocycles. The van der Waals surface area contributed by atoms with Crippen LogP contribution in [0.15, 0.2) is 41.2 Å². The summed E-state index contributed by atoms with van der Waals surface area (Å²) in [6.07, 6.45) is 6.79. The zero-order chi connectivity index (χ0) is 15.4. The van der Waals surface area contributed by atoms with Crippen molar-refractivity contribution >= 4 is 16.8 Å². The summed E-state index contributed by atoms with van der Waals surface area (Å²) in [7, 11) is 0. The van der Waals surface area contributed by atoms with Gasteiger partial charge in [-0.05, 0) is 31.4 Å². The van der Waals surface area contributed by atoms with E-state index in [-0.39, 0.29) is 17.4 Å². The standard InChI is InChI=1S/C16H18N4O2/c21-15(12-6-2-1-3-7-12)17-10-11-20-16(22)13-8-4-5-9-14(13)18-19-20/h1-2,4-5,8-9,12H,3,6-7,10-11H2,(H,17,21). The van der Waals surface area contributed by atoms with Gasteiger partial charge in [-0.2, -0.15) is 0 Å². The number of nitrogens with one attached hydrogen (secondary N) is 1. The molecule has 0 bridgehead atoms. The number of nitrogens with zero attached hydrogens (tertiary/aromatic N) is 3. The van der Waals surface area contributed by atoms with Crippen molar-refractivity contribution < 1.29 is 4.79 Å². The molecule has 1 atom stereocenters. The van der Waals surface area contributed by atoms with Gasteiger partial charge in [-0.1, -0.05) is 29.5 Å². The van der Waals surface area contributed by atoms with Gasteiger partial charge in [0.05, 0.1) is 11.9 Å². The lowest BCUT2D eigenvalue weighted by Gasteiger charge is -2.17. The normalized spacial score (nSPS) is 17.5. The molecule has 1 amide bonds. The van der Waals surface area contributed by atoms with E-state index in [2.05, 4.69) is 21.7 Å².